The first kappa shape index (κ1) is 22.6. The van der Waals surface area contributed by atoms with E-state index < -0.39 is 15.9 Å². The van der Waals surface area contributed by atoms with Gasteiger partial charge in [0.15, 0.2) is 0 Å². The lowest BCUT2D eigenvalue weighted by molar-refractivity contribution is -0.129. The fourth-order valence-electron chi connectivity index (χ4n) is 2.78. The predicted molar refractivity (Wildman–Crippen MR) is 109 cm³/mol. The van der Waals surface area contributed by atoms with Gasteiger partial charge in [-0.2, -0.15) is 4.31 Å². The third kappa shape index (κ3) is 5.68. The molecule has 1 N–H and O–H groups in total. The third-order valence-corrected chi connectivity index (χ3v) is 6.54. The number of nitrogens with zero attached hydrogens (tertiary/aromatic N) is 2. The summed E-state index contributed by atoms with van der Waals surface area (Å²) in [5.41, 5.74) is 0.278. The van der Waals surface area contributed by atoms with E-state index in [1.54, 1.807) is 27.0 Å². The van der Waals surface area contributed by atoms with Crippen LogP contribution in [0.15, 0.2) is 45.7 Å². The van der Waals surface area contributed by atoms with Crippen LogP contribution < -0.4 is 5.32 Å². The highest BCUT2D eigenvalue weighted by Gasteiger charge is 2.22. The maximum Gasteiger partial charge on any atom is 0.251 e. The predicted octanol–water partition coefficient (Wildman–Crippen LogP) is 2.01. The van der Waals surface area contributed by atoms with Crippen LogP contribution in [0.25, 0.3) is 0 Å². The van der Waals surface area contributed by atoms with Gasteiger partial charge in [0.25, 0.3) is 5.91 Å². The summed E-state index contributed by atoms with van der Waals surface area (Å²) in [6.45, 7) is 6.23. The normalized spacial score (nSPS) is 11.5. The Bertz CT molecular complexity index is 947. The summed E-state index contributed by atoms with van der Waals surface area (Å²) < 4.78 is 31.8. The Morgan fingerprint density at radius 2 is 1.66 bits per heavy atom. The van der Waals surface area contributed by atoms with E-state index >= 15 is 0 Å². The minimum atomic E-state index is -3.58. The molecule has 0 aliphatic rings. The number of sulfonamides is 1. The van der Waals surface area contributed by atoms with Gasteiger partial charge in [-0.1, -0.05) is 13.8 Å². The molecule has 1 aromatic carbocycles. The molecule has 0 bridgehead atoms. The molecule has 0 saturated carbocycles. The van der Waals surface area contributed by atoms with Crippen LogP contribution in [0.3, 0.4) is 0 Å². The first-order chi connectivity index (χ1) is 13.7. The van der Waals surface area contributed by atoms with Crippen molar-refractivity contribution in [3.05, 3.63) is 53.5 Å². The molecule has 158 valence electrons. The Kier molecular flexibility index (Phi) is 7.58. The number of benzene rings is 1. The summed E-state index contributed by atoms with van der Waals surface area (Å²) in [6.07, 6.45) is 0. The van der Waals surface area contributed by atoms with Crippen LogP contribution in [0.2, 0.25) is 0 Å². The van der Waals surface area contributed by atoms with Gasteiger partial charge in [-0.3, -0.25) is 9.59 Å². The number of furan rings is 1. The van der Waals surface area contributed by atoms with Crippen molar-refractivity contribution in [3.8, 4) is 0 Å². The monoisotopic (exact) mass is 421 g/mol. The quantitative estimate of drug-likeness (QED) is 0.668. The molecule has 0 saturated heterocycles. The van der Waals surface area contributed by atoms with Gasteiger partial charge in [0.1, 0.15) is 11.5 Å². The summed E-state index contributed by atoms with van der Waals surface area (Å²) in [5.74, 6) is 0.704. The Labute approximate surface area is 171 Å². The molecule has 1 heterocycles. The fraction of sp³-hybridized carbons (Fsp3) is 0.400. The topological polar surface area (TPSA) is 99.9 Å². The van der Waals surface area contributed by atoms with E-state index in [1.165, 1.54) is 33.5 Å². The van der Waals surface area contributed by atoms with Gasteiger partial charge < -0.3 is 14.6 Å². The molecule has 0 radical (unpaired) electrons. The molecule has 2 aromatic rings. The van der Waals surface area contributed by atoms with E-state index in [0.29, 0.717) is 25.4 Å². The van der Waals surface area contributed by atoms with Crippen molar-refractivity contribution in [1.82, 2.24) is 14.5 Å². The summed E-state index contributed by atoms with van der Waals surface area (Å²) in [7, 11) is -1.95. The number of amides is 2. The highest BCUT2D eigenvalue weighted by Crippen LogP contribution is 2.16. The molecule has 0 atom stereocenters. The lowest BCUT2D eigenvalue weighted by atomic mass is 10.2. The van der Waals surface area contributed by atoms with Crippen LogP contribution in [0, 0.1) is 6.92 Å². The third-order valence-electron chi connectivity index (χ3n) is 4.47. The Balaban J connectivity index is 1.94. The van der Waals surface area contributed by atoms with Gasteiger partial charge in [-0.15, -0.1) is 0 Å². The minimum absolute atomic E-state index is 0.127. The maximum atomic E-state index is 12.5. The molecule has 0 aliphatic carbocycles. The largest absolute Gasteiger partial charge is 0.464 e. The standard InChI is InChI=1S/C20H27N3O5S/c1-5-23(6-2)29(26,27)18-11-8-16(9-12-18)20(25)21-13-19(24)22(4)14-17-10-7-15(3)28-17/h7-12H,5-6,13-14H2,1-4H3,(H,21,25). The molecule has 2 amide bonds. The first-order valence-corrected chi connectivity index (χ1v) is 10.8. The van der Waals surface area contributed by atoms with Gasteiger partial charge in [-0.05, 0) is 43.3 Å². The van der Waals surface area contributed by atoms with Crippen molar-refractivity contribution >= 4 is 21.8 Å². The first-order valence-electron chi connectivity index (χ1n) is 9.36. The van der Waals surface area contributed by atoms with Crippen LogP contribution in [0.5, 0.6) is 0 Å². The lowest BCUT2D eigenvalue weighted by Gasteiger charge is -2.18. The maximum absolute atomic E-state index is 12.5. The minimum Gasteiger partial charge on any atom is -0.464 e. The van der Waals surface area contributed by atoms with Crippen molar-refractivity contribution in [3.63, 3.8) is 0 Å². The molecule has 8 nitrogen and oxygen atoms in total. The highest BCUT2D eigenvalue weighted by atomic mass is 32.2. The molecular formula is C20H27N3O5S. The van der Waals surface area contributed by atoms with Crippen molar-refractivity contribution in [1.29, 1.82) is 0 Å². The smallest absolute Gasteiger partial charge is 0.251 e. The van der Waals surface area contributed by atoms with Crippen LogP contribution in [-0.2, 0) is 21.4 Å². The zero-order chi connectivity index (χ0) is 21.6. The van der Waals surface area contributed by atoms with Crippen LogP contribution in [0.1, 0.15) is 35.7 Å². The number of hydrogen-bond donors (Lipinski definition) is 1. The second-order valence-corrected chi connectivity index (χ2v) is 8.50. The van der Waals surface area contributed by atoms with Crippen molar-refractivity contribution in [2.45, 2.75) is 32.2 Å². The van der Waals surface area contributed by atoms with Gasteiger partial charge in [-0.25, -0.2) is 8.42 Å². The second-order valence-electron chi connectivity index (χ2n) is 6.56. The molecule has 2 rings (SSSR count). The molecule has 1 aromatic heterocycles. The van der Waals surface area contributed by atoms with Crippen LogP contribution in [-0.4, -0.2) is 56.1 Å². The van der Waals surface area contributed by atoms with Crippen LogP contribution >= 0.6 is 0 Å². The number of hydrogen-bond acceptors (Lipinski definition) is 5. The number of rotatable bonds is 9. The SMILES string of the molecule is CCN(CC)S(=O)(=O)c1ccc(C(=O)NCC(=O)N(C)Cc2ccc(C)o2)cc1. The number of nitrogens with one attached hydrogen (secondary N) is 1. The highest BCUT2D eigenvalue weighted by molar-refractivity contribution is 7.89. The molecule has 0 aliphatic heterocycles. The van der Waals surface area contributed by atoms with E-state index in [1.807, 2.05) is 13.0 Å². The number of carbonyl (C=O) groups is 2. The van der Waals surface area contributed by atoms with Crippen molar-refractivity contribution < 1.29 is 22.4 Å². The van der Waals surface area contributed by atoms with E-state index in [0.717, 1.165) is 5.76 Å². The number of carbonyl (C=O) groups excluding carboxylic acids is 2. The zero-order valence-electron chi connectivity index (χ0n) is 17.1. The molecule has 0 fully saturated rings. The Morgan fingerprint density at radius 1 is 1.03 bits per heavy atom. The molecule has 0 unspecified atom stereocenters. The zero-order valence-corrected chi connectivity index (χ0v) is 18.0. The van der Waals surface area contributed by atoms with Gasteiger partial charge in [0, 0.05) is 25.7 Å². The summed E-state index contributed by atoms with van der Waals surface area (Å²) >= 11 is 0. The summed E-state index contributed by atoms with van der Waals surface area (Å²) in [5, 5.41) is 2.55. The lowest BCUT2D eigenvalue weighted by Crippen LogP contribution is -2.37. The van der Waals surface area contributed by atoms with E-state index in [2.05, 4.69) is 5.32 Å². The molecule has 29 heavy (non-hydrogen) atoms. The van der Waals surface area contributed by atoms with Crippen molar-refractivity contribution in [2.24, 2.45) is 0 Å². The number of aryl methyl sites for hydroxylation is 1. The fourth-order valence-corrected chi connectivity index (χ4v) is 4.23. The summed E-state index contributed by atoms with van der Waals surface area (Å²) in [6, 6.07) is 9.29. The Morgan fingerprint density at radius 3 is 2.17 bits per heavy atom. The van der Waals surface area contributed by atoms with E-state index in [9.17, 15) is 18.0 Å². The van der Waals surface area contributed by atoms with E-state index in [-0.39, 0.29) is 22.9 Å². The molecular weight excluding hydrogens is 394 g/mol. The second kappa shape index (κ2) is 9.71. The van der Waals surface area contributed by atoms with Gasteiger partial charge in [0.2, 0.25) is 15.9 Å². The van der Waals surface area contributed by atoms with Crippen LogP contribution in [0.4, 0.5) is 0 Å². The number of likely N-dealkylation sites (N-methyl/N-ethyl adjacent to an activating group) is 1. The summed E-state index contributed by atoms with van der Waals surface area (Å²) in [4.78, 5) is 26.1. The average molecular weight is 422 g/mol. The average Bonchev–Trinajstić information content (AvgIpc) is 3.11. The molecule has 9 heteroatoms. The van der Waals surface area contributed by atoms with E-state index in [4.69, 9.17) is 4.42 Å². The van der Waals surface area contributed by atoms with Crippen molar-refractivity contribution in [2.75, 3.05) is 26.7 Å². The Hall–Kier alpha value is -2.65. The molecule has 0 spiro atoms. The van der Waals surface area contributed by atoms with Gasteiger partial charge >= 0.3 is 0 Å². The van der Waals surface area contributed by atoms with Gasteiger partial charge in [0.05, 0.1) is 18.0 Å².